The average Bonchev–Trinajstić information content (AvgIpc) is 2.29. The maximum absolute atomic E-state index is 12.0. The van der Waals surface area contributed by atoms with E-state index in [-0.39, 0.29) is 17.5 Å². The Bertz CT molecular complexity index is 600. The molecule has 2 rings (SSSR count). The molecule has 3 N–H and O–H groups in total. The van der Waals surface area contributed by atoms with Crippen LogP contribution in [0.2, 0.25) is 5.02 Å². The second kappa shape index (κ2) is 4.75. The van der Waals surface area contributed by atoms with E-state index >= 15 is 0 Å². The lowest BCUT2D eigenvalue weighted by Crippen LogP contribution is -2.41. The molecule has 0 saturated heterocycles. The lowest BCUT2D eigenvalue weighted by Gasteiger charge is -2.22. The van der Waals surface area contributed by atoms with E-state index in [2.05, 4.69) is 15.0 Å². The van der Waals surface area contributed by atoms with Gasteiger partial charge in [0, 0.05) is 5.02 Å². The number of hydrogen-bond acceptors (Lipinski definition) is 4. The highest BCUT2D eigenvalue weighted by Crippen LogP contribution is 2.27. The fourth-order valence-electron chi connectivity index (χ4n) is 1.48. The molecule has 0 fully saturated rings. The molecule has 0 spiro atoms. The first-order valence-corrected chi connectivity index (χ1v) is 7.06. The predicted octanol–water partition coefficient (Wildman–Crippen LogP) is 0.781. The molecule has 0 radical (unpaired) electrons. The Morgan fingerprint density at radius 2 is 2.22 bits per heavy atom. The molecule has 0 aliphatic carbocycles. The number of aliphatic hydroxyl groups excluding tert-OH is 1. The van der Waals surface area contributed by atoms with Gasteiger partial charge < -0.3 is 10.4 Å². The molecule has 8 heteroatoms. The molecular weight excluding hydrogens is 278 g/mol. The number of nitrogens with zero attached hydrogens (tertiary/aromatic N) is 1. The van der Waals surface area contributed by atoms with Crippen molar-refractivity contribution in [2.45, 2.75) is 17.9 Å². The first-order chi connectivity index (χ1) is 8.42. The molecule has 1 aliphatic heterocycles. The average molecular weight is 290 g/mol. The first kappa shape index (κ1) is 13.1. The van der Waals surface area contributed by atoms with Crippen molar-refractivity contribution in [2.75, 3.05) is 11.9 Å². The number of nitrogens with one attached hydrogen (secondary N) is 2. The van der Waals surface area contributed by atoms with Crippen LogP contribution < -0.4 is 10.0 Å². The smallest absolute Gasteiger partial charge is 0.266 e. The van der Waals surface area contributed by atoms with Crippen LogP contribution in [0.5, 0.6) is 0 Å². The van der Waals surface area contributed by atoms with Gasteiger partial charge in [-0.1, -0.05) is 11.6 Å². The molecule has 98 valence electrons. The van der Waals surface area contributed by atoms with Gasteiger partial charge in [-0.2, -0.15) is 0 Å². The van der Waals surface area contributed by atoms with Gasteiger partial charge >= 0.3 is 0 Å². The fourth-order valence-corrected chi connectivity index (χ4v) is 2.87. The molecule has 1 heterocycles. The Morgan fingerprint density at radius 1 is 1.50 bits per heavy atom. The van der Waals surface area contributed by atoms with Crippen LogP contribution in [-0.2, 0) is 10.0 Å². The molecule has 0 unspecified atom stereocenters. The van der Waals surface area contributed by atoms with E-state index in [1.54, 1.807) is 19.1 Å². The summed E-state index contributed by atoms with van der Waals surface area (Å²) in [6, 6.07) is 4.11. The second-order valence-corrected chi connectivity index (χ2v) is 5.97. The highest BCUT2D eigenvalue weighted by Gasteiger charge is 2.26. The summed E-state index contributed by atoms with van der Waals surface area (Å²) in [5.74, 6) is 0.0892. The third-order valence-corrected chi connectivity index (χ3v) is 3.94. The lowest BCUT2D eigenvalue weighted by molar-refractivity contribution is 0.274. The van der Waals surface area contributed by atoms with E-state index in [0.29, 0.717) is 10.7 Å². The Kier molecular flexibility index (Phi) is 3.47. The molecule has 1 aliphatic rings. The molecular formula is C10H12ClN3O3S. The number of anilines is 1. The minimum atomic E-state index is -3.68. The van der Waals surface area contributed by atoms with Gasteiger partial charge in [0.1, 0.15) is 4.90 Å². The van der Waals surface area contributed by atoms with E-state index in [9.17, 15) is 8.42 Å². The third-order valence-electron chi connectivity index (χ3n) is 2.33. The zero-order valence-electron chi connectivity index (χ0n) is 9.51. The molecule has 0 amide bonds. The van der Waals surface area contributed by atoms with Crippen molar-refractivity contribution in [3.63, 3.8) is 0 Å². The third kappa shape index (κ3) is 2.58. The molecule has 0 aromatic heterocycles. The van der Waals surface area contributed by atoms with Crippen LogP contribution in [0.4, 0.5) is 5.69 Å². The van der Waals surface area contributed by atoms with Crippen LogP contribution in [0, 0.1) is 0 Å². The molecule has 0 saturated carbocycles. The Balaban J connectivity index is 2.45. The van der Waals surface area contributed by atoms with E-state index < -0.39 is 16.1 Å². The van der Waals surface area contributed by atoms with Crippen LogP contribution in [0.3, 0.4) is 0 Å². The summed E-state index contributed by atoms with van der Waals surface area (Å²) in [7, 11) is -3.68. The monoisotopic (exact) mass is 289 g/mol. The molecule has 1 aromatic rings. The van der Waals surface area contributed by atoms with Crippen molar-refractivity contribution in [1.82, 2.24) is 4.72 Å². The highest BCUT2D eigenvalue weighted by atomic mass is 35.5. The molecule has 0 bridgehead atoms. The van der Waals surface area contributed by atoms with Gasteiger partial charge in [-0.05, 0) is 25.1 Å². The Morgan fingerprint density at radius 3 is 2.89 bits per heavy atom. The van der Waals surface area contributed by atoms with Crippen molar-refractivity contribution in [3.8, 4) is 0 Å². The van der Waals surface area contributed by atoms with Crippen molar-refractivity contribution in [3.05, 3.63) is 23.2 Å². The number of guanidine groups is 1. The van der Waals surface area contributed by atoms with Crippen LogP contribution >= 0.6 is 11.6 Å². The summed E-state index contributed by atoms with van der Waals surface area (Å²) in [6.07, 6.45) is 0. The summed E-state index contributed by atoms with van der Waals surface area (Å²) in [5.41, 5.74) is 0.405. The van der Waals surface area contributed by atoms with Gasteiger partial charge in [0.2, 0.25) is 5.96 Å². The molecule has 18 heavy (non-hydrogen) atoms. The van der Waals surface area contributed by atoms with Gasteiger partial charge in [-0.3, -0.25) is 0 Å². The number of aliphatic hydroxyl groups is 1. The number of halogens is 1. The minimum Gasteiger partial charge on any atom is -0.394 e. The number of rotatable bonds is 2. The second-order valence-electron chi connectivity index (χ2n) is 3.88. The number of hydrogen-bond donors (Lipinski definition) is 3. The van der Waals surface area contributed by atoms with Gasteiger partial charge in [0.15, 0.2) is 0 Å². The molecule has 6 nitrogen and oxygen atoms in total. The van der Waals surface area contributed by atoms with Crippen molar-refractivity contribution >= 4 is 33.3 Å². The van der Waals surface area contributed by atoms with Gasteiger partial charge in [-0.25, -0.2) is 18.1 Å². The topological polar surface area (TPSA) is 90.8 Å². The summed E-state index contributed by atoms with van der Waals surface area (Å²) >= 11 is 5.76. The SMILES string of the molecule is C[C@@H](CO)N=C1Nc2ccc(Cl)cc2S(=O)(=O)N1. The van der Waals surface area contributed by atoms with Gasteiger partial charge in [0.05, 0.1) is 18.3 Å². The van der Waals surface area contributed by atoms with E-state index in [1.807, 2.05) is 0 Å². The van der Waals surface area contributed by atoms with Crippen molar-refractivity contribution in [2.24, 2.45) is 4.99 Å². The summed E-state index contributed by atoms with van der Waals surface area (Å²) in [6.45, 7) is 1.50. The minimum absolute atomic E-state index is 0.0746. The summed E-state index contributed by atoms with van der Waals surface area (Å²) in [4.78, 5) is 4.08. The lowest BCUT2D eigenvalue weighted by atomic mass is 10.3. The quantitative estimate of drug-likeness (QED) is 0.750. The number of benzene rings is 1. The zero-order chi connectivity index (χ0) is 13.3. The largest absolute Gasteiger partial charge is 0.394 e. The van der Waals surface area contributed by atoms with E-state index in [4.69, 9.17) is 16.7 Å². The van der Waals surface area contributed by atoms with Crippen LogP contribution in [0.25, 0.3) is 0 Å². The fraction of sp³-hybridized carbons (Fsp3) is 0.300. The van der Waals surface area contributed by atoms with Crippen LogP contribution in [0.15, 0.2) is 28.1 Å². The van der Waals surface area contributed by atoms with Gasteiger partial charge in [0.25, 0.3) is 10.0 Å². The van der Waals surface area contributed by atoms with E-state index in [1.165, 1.54) is 6.07 Å². The number of fused-ring (bicyclic) bond motifs is 1. The van der Waals surface area contributed by atoms with Crippen molar-refractivity contribution < 1.29 is 13.5 Å². The zero-order valence-corrected chi connectivity index (χ0v) is 11.1. The van der Waals surface area contributed by atoms with Crippen LogP contribution in [0.1, 0.15) is 6.92 Å². The number of sulfonamides is 1. The van der Waals surface area contributed by atoms with Gasteiger partial charge in [-0.15, -0.1) is 0 Å². The maximum atomic E-state index is 12.0. The number of aliphatic imine (C=N–C) groups is 1. The molecule has 1 aromatic carbocycles. The first-order valence-electron chi connectivity index (χ1n) is 5.20. The molecule has 1 atom stereocenters. The summed E-state index contributed by atoms with van der Waals surface area (Å²) in [5, 5.41) is 12.1. The van der Waals surface area contributed by atoms with E-state index in [0.717, 1.165) is 0 Å². The normalized spacial score (nSPS) is 20.7. The Labute approximate surface area is 110 Å². The maximum Gasteiger partial charge on any atom is 0.266 e. The Hall–Kier alpha value is -1.31. The highest BCUT2D eigenvalue weighted by molar-refractivity contribution is 7.90. The standard InChI is InChI=1S/C10H12ClN3O3S/c1-6(5-15)12-10-13-8-3-2-7(11)4-9(8)18(16,17)14-10/h2-4,6,15H,5H2,1H3,(H2,12,13,14)/t6-/m0/s1. The van der Waals surface area contributed by atoms with Crippen LogP contribution in [-0.4, -0.2) is 32.1 Å². The van der Waals surface area contributed by atoms with Crippen molar-refractivity contribution in [1.29, 1.82) is 0 Å². The predicted molar refractivity (Wildman–Crippen MR) is 69.4 cm³/mol. The summed E-state index contributed by atoms with van der Waals surface area (Å²) < 4.78 is 26.2.